The molecule has 8 aromatic rings. The van der Waals surface area contributed by atoms with Gasteiger partial charge in [-0.1, -0.05) is 91.0 Å². The van der Waals surface area contributed by atoms with Crippen LogP contribution in [0.2, 0.25) is 0 Å². The van der Waals surface area contributed by atoms with Crippen molar-refractivity contribution in [3.05, 3.63) is 140 Å². The molecule has 0 spiro atoms. The van der Waals surface area contributed by atoms with E-state index in [9.17, 15) is 0 Å². The number of benzene rings is 5. The molecule has 0 N–H and O–H groups in total. The van der Waals surface area contributed by atoms with Gasteiger partial charge < -0.3 is 4.57 Å². The van der Waals surface area contributed by atoms with Gasteiger partial charge in [-0.25, -0.2) is 9.97 Å². The molecule has 1 aliphatic carbocycles. The third-order valence-corrected chi connectivity index (χ3v) is 8.41. The van der Waals surface area contributed by atoms with Crippen LogP contribution in [0.4, 0.5) is 0 Å². The molecule has 0 unspecified atom stereocenters. The lowest BCUT2D eigenvalue weighted by atomic mass is 9.82. The van der Waals surface area contributed by atoms with Gasteiger partial charge in [0.05, 0.1) is 16.7 Å². The first-order valence-electron chi connectivity index (χ1n) is 13.9. The average molecular weight is 522 g/mol. The maximum atomic E-state index is 5.17. The number of hydrogen-bond donors (Lipinski definition) is 0. The highest BCUT2D eigenvalue weighted by atomic mass is 15.0. The molecule has 3 heterocycles. The van der Waals surface area contributed by atoms with Crippen LogP contribution in [0.5, 0.6) is 0 Å². The molecule has 3 aromatic heterocycles. The van der Waals surface area contributed by atoms with E-state index < -0.39 is 0 Å². The van der Waals surface area contributed by atoms with Crippen LogP contribution in [0.25, 0.3) is 83.2 Å². The van der Waals surface area contributed by atoms with Gasteiger partial charge in [0, 0.05) is 39.2 Å². The van der Waals surface area contributed by atoms with Crippen molar-refractivity contribution in [3.8, 4) is 50.3 Å². The van der Waals surface area contributed by atoms with Gasteiger partial charge in [-0.05, 0) is 70.3 Å². The minimum absolute atomic E-state index is 0.762. The van der Waals surface area contributed by atoms with E-state index in [1.807, 2.05) is 12.3 Å². The van der Waals surface area contributed by atoms with Gasteiger partial charge in [-0.15, -0.1) is 0 Å². The molecule has 9 rings (SSSR count). The molecule has 0 fully saturated rings. The van der Waals surface area contributed by atoms with Gasteiger partial charge in [0.2, 0.25) is 0 Å². The van der Waals surface area contributed by atoms with Gasteiger partial charge in [0.25, 0.3) is 0 Å². The molecule has 3 nitrogen and oxygen atoms in total. The monoisotopic (exact) mass is 521 g/mol. The lowest BCUT2D eigenvalue weighted by Gasteiger charge is -2.23. The second-order valence-electron chi connectivity index (χ2n) is 10.6. The van der Waals surface area contributed by atoms with Crippen molar-refractivity contribution < 1.29 is 0 Å². The van der Waals surface area contributed by atoms with Crippen molar-refractivity contribution in [2.75, 3.05) is 0 Å². The van der Waals surface area contributed by atoms with Gasteiger partial charge in [0.15, 0.2) is 5.65 Å². The van der Waals surface area contributed by atoms with Crippen molar-refractivity contribution in [3.63, 3.8) is 0 Å². The number of fused-ring (bicyclic) bond motifs is 12. The summed E-state index contributed by atoms with van der Waals surface area (Å²) in [7, 11) is 0. The lowest BCUT2D eigenvalue weighted by Crippen LogP contribution is -2.01. The maximum absolute atomic E-state index is 5.17. The van der Waals surface area contributed by atoms with Crippen LogP contribution in [0.15, 0.2) is 140 Å². The Bertz CT molecular complexity index is 2270. The Balaban J connectivity index is 1.42. The standard InChI is InChI=1S/C38H23N3/c1-2-13-28-26(11-1)27-12-3-4-16-32(27)37-34(22-24-10-9-21-39-38(24)40-37)29-20-19-25(23-33(28)29)41-35-17-7-5-14-30(35)31-15-6-8-18-36(31)41/h1-23H. The normalized spacial score (nSPS) is 11.9. The summed E-state index contributed by atoms with van der Waals surface area (Å²) in [4.78, 5) is 9.78. The Kier molecular flexibility index (Phi) is 4.61. The third-order valence-electron chi connectivity index (χ3n) is 8.41. The topological polar surface area (TPSA) is 30.7 Å². The van der Waals surface area contributed by atoms with E-state index in [2.05, 4.69) is 137 Å². The minimum atomic E-state index is 0.762. The van der Waals surface area contributed by atoms with Crippen LogP contribution >= 0.6 is 0 Å². The number of para-hydroxylation sites is 2. The maximum Gasteiger partial charge on any atom is 0.159 e. The molecule has 5 aromatic carbocycles. The van der Waals surface area contributed by atoms with Crippen molar-refractivity contribution in [2.45, 2.75) is 0 Å². The fraction of sp³-hybridized carbons (Fsp3) is 0. The minimum Gasteiger partial charge on any atom is -0.309 e. The fourth-order valence-electron chi connectivity index (χ4n) is 6.62. The predicted octanol–water partition coefficient (Wildman–Crippen LogP) is 9.71. The first kappa shape index (κ1) is 22.3. The summed E-state index contributed by atoms with van der Waals surface area (Å²) in [6.45, 7) is 0. The Labute approximate surface area is 237 Å². The number of rotatable bonds is 1. The zero-order valence-electron chi connectivity index (χ0n) is 22.1. The first-order chi connectivity index (χ1) is 20.3. The van der Waals surface area contributed by atoms with Gasteiger partial charge in [-0.2, -0.15) is 0 Å². The summed E-state index contributed by atoms with van der Waals surface area (Å²) in [6.07, 6.45) is 1.82. The molecule has 0 atom stereocenters. The van der Waals surface area contributed by atoms with E-state index in [1.165, 1.54) is 49.6 Å². The fourth-order valence-corrected chi connectivity index (χ4v) is 6.62. The van der Waals surface area contributed by atoms with Crippen molar-refractivity contribution in [2.24, 2.45) is 0 Å². The molecule has 0 radical (unpaired) electrons. The van der Waals surface area contributed by atoms with Crippen molar-refractivity contribution in [1.29, 1.82) is 0 Å². The Morgan fingerprint density at radius 3 is 1.76 bits per heavy atom. The highest BCUT2D eigenvalue weighted by molar-refractivity contribution is 6.10. The van der Waals surface area contributed by atoms with E-state index in [-0.39, 0.29) is 0 Å². The number of pyridine rings is 2. The first-order valence-corrected chi connectivity index (χ1v) is 13.9. The van der Waals surface area contributed by atoms with Crippen molar-refractivity contribution >= 4 is 32.8 Å². The number of hydrogen-bond acceptors (Lipinski definition) is 2. The van der Waals surface area contributed by atoms with Gasteiger partial charge in [0.1, 0.15) is 0 Å². The Morgan fingerprint density at radius 2 is 1.02 bits per heavy atom. The SMILES string of the molecule is c1ccc2c(c1)-c1cc(-n3c4ccccc4c4ccccc43)ccc1-c1cc3cccnc3nc1-c1ccccc1-2. The molecule has 0 aliphatic heterocycles. The number of nitrogens with zero attached hydrogens (tertiary/aromatic N) is 3. The lowest BCUT2D eigenvalue weighted by molar-refractivity contribution is 1.18. The van der Waals surface area contributed by atoms with Crippen LogP contribution in [0.1, 0.15) is 0 Å². The predicted molar refractivity (Wildman–Crippen MR) is 169 cm³/mol. The highest BCUT2D eigenvalue weighted by Gasteiger charge is 2.24. The summed E-state index contributed by atoms with van der Waals surface area (Å²) in [6, 6.07) is 48.0. The molecule has 0 saturated heterocycles. The largest absolute Gasteiger partial charge is 0.309 e. The zero-order valence-corrected chi connectivity index (χ0v) is 22.1. The second-order valence-corrected chi connectivity index (χ2v) is 10.6. The van der Waals surface area contributed by atoms with Crippen LogP contribution in [-0.2, 0) is 0 Å². The van der Waals surface area contributed by atoms with E-state index in [1.54, 1.807) is 0 Å². The second kappa shape index (κ2) is 8.48. The number of aromatic nitrogens is 3. The molecule has 1 aliphatic rings. The quantitative estimate of drug-likeness (QED) is 0.215. The molecule has 41 heavy (non-hydrogen) atoms. The summed E-state index contributed by atoms with van der Waals surface area (Å²) < 4.78 is 2.39. The van der Waals surface area contributed by atoms with E-state index >= 15 is 0 Å². The van der Waals surface area contributed by atoms with E-state index in [0.29, 0.717) is 0 Å². The summed E-state index contributed by atoms with van der Waals surface area (Å²) in [5.41, 5.74) is 13.5. The van der Waals surface area contributed by atoms with E-state index in [0.717, 1.165) is 33.5 Å². The Hall–Kier alpha value is -5.54. The Morgan fingerprint density at radius 1 is 0.439 bits per heavy atom. The molecule has 3 heteroatoms. The van der Waals surface area contributed by atoms with Crippen LogP contribution < -0.4 is 0 Å². The molecule has 0 bridgehead atoms. The molecular weight excluding hydrogens is 498 g/mol. The molecule has 190 valence electrons. The van der Waals surface area contributed by atoms with Crippen molar-refractivity contribution in [1.82, 2.24) is 14.5 Å². The summed E-state index contributed by atoms with van der Waals surface area (Å²) >= 11 is 0. The van der Waals surface area contributed by atoms with Gasteiger partial charge in [-0.3, -0.25) is 0 Å². The van der Waals surface area contributed by atoms with Crippen LogP contribution in [-0.4, -0.2) is 14.5 Å². The average Bonchev–Trinajstić information content (AvgIpc) is 3.38. The molecule has 0 saturated carbocycles. The summed E-state index contributed by atoms with van der Waals surface area (Å²) in [5, 5.41) is 3.56. The zero-order chi connectivity index (χ0) is 26.9. The van der Waals surface area contributed by atoms with Gasteiger partial charge >= 0.3 is 0 Å². The third kappa shape index (κ3) is 3.20. The summed E-state index contributed by atoms with van der Waals surface area (Å²) in [5.74, 6) is 0. The van der Waals surface area contributed by atoms with Crippen LogP contribution in [0.3, 0.4) is 0 Å². The smallest absolute Gasteiger partial charge is 0.159 e. The van der Waals surface area contributed by atoms with E-state index in [4.69, 9.17) is 4.98 Å². The molecule has 0 amide bonds. The molecular formula is C38H23N3. The van der Waals surface area contributed by atoms with Crippen LogP contribution in [0, 0.1) is 0 Å². The highest BCUT2D eigenvalue weighted by Crippen LogP contribution is 2.48.